The highest BCUT2D eigenvalue weighted by atomic mass is 127. The smallest absolute Gasteiger partial charge is 0.124 e. The van der Waals surface area contributed by atoms with E-state index in [9.17, 15) is 0 Å². The molecule has 0 unspecified atom stereocenters. The molecule has 57 heavy (non-hydrogen) atoms. The number of aromatic amines is 2. The quantitative estimate of drug-likeness (QED) is 0.137. The summed E-state index contributed by atoms with van der Waals surface area (Å²) in [6.07, 6.45) is 10.9. The summed E-state index contributed by atoms with van der Waals surface area (Å²) in [4.78, 5) is 18.8. The fourth-order valence-corrected chi connectivity index (χ4v) is 9.43. The maximum Gasteiger partial charge on any atom is 0.124 e. The number of aromatic nitrogens is 4. The monoisotopic (exact) mass is 850 g/mol. The molecule has 9 rings (SSSR count). The third kappa shape index (κ3) is 6.54. The van der Waals surface area contributed by atoms with Gasteiger partial charge in [0.15, 0.2) is 0 Å². The molecule has 5 heterocycles. The normalized spacial score (nSPS) is 12.1. The lowest BCUT2D eigenvalue weighted by Crippen LogP contribution is -1.95. The minimum absolute atomic E-state index is 0.773. The second-order valence-corrected chi connectivity index (χ2v) is 16.5. The molecule has 2 N–H and O–H groups in total. The lowest BCUT2D eigenvalue weighted by molar-refractivity contribution is 1.28. The number of aryl methyl sites for hydroxylation is 6. The van der Waals surface area contributed by atoms with Crippen molar-refractivity contribution < 1.29 is 1.37 Å². The zero-order valence-corrected chi connectivity index (χ0v) is 35.0. The van der Waals surface area contributed by atoms with Gasteiger partial charge in [0.2, 0.25) is 0 Å². The van der Waals surface area contributed by atoms with Gasteiger partial charge in [0.1, 0.15) is 1.37 Å². The predicted octanol–water partition coefficient (Wildman–Crippen LogP) is 13.8. The van der Waals surface area contributed by atoms with Crippen LogP contribution in [0.3, 0.4) is 0 Å². The SMILES string of the molecule is [3H]C#Cc1cccc(-c2c3nc(c(-c4c(C)cc(C)cc4C)c4ccc([nH]4)c(-c4cccc(I)c4)c4nc(c(-c5c(C)cc(C)cc5C)c5ccc2[nH]5)C=C4)C=C3)c1. The molecule has 3 aromatic heterocycles. The molecular weight excluding hydrogens is 808 g/mol. The van der Waals surface area contributed by atoms with Crippen molar-refractivity contribution in [3.8, 4) is 56.8 Å². The van der Waals surface area contributed by atoms with Crippen LogP contribution in [0.15, 0.2) is 97.1 Å². The van der Waals surface area contributed by atoms with Crippen LogP contribution in [0.1, 0.15) is 63.1 Å². The molecule has 4 aromatic carbocycles. The largest absolute Gasteiger partial charge is 0.354 e. The standard InChI is InChI=1S/C52H41IN4/c1-8-35-11-9-12-36(27-35)49-39-15-19-43(54-39)51(47-31(4)23-29(2)24-32(47)5)45-21-17-41(56-45)50(37-13-10-14-38(53)28-37)42-18-22-46(57-42)52(44-20-16-40(49)55-44)48-33(6)25-30(3)26-34(48)7/h1,9-28,54,57H,2-7H3/i1T. The lowest BCUT2D eigenvalue weighted by atomic mass is 9.92. The van der Waals surface area contributed by atoms with E-state index in [1.54, 1.807) is 0 Å². The van der Waals surface area contributed by atoms with Gasteiger partial charge in [-0.2, -0.15) is 0 Å². The highest BCUT2D eigenvalue weighted by Gasteiger charge is 2.21. The van der Waals surface area contributed by atoms with E-state index in [1.165, 1.54) is 33.4 Å². The number of rotatable bonds is 4. The molecule has 2 aliphatic rings. The van der Waals surface area contributed by atoms with Gasteiger partial charge in [0, 0.05) is 53.5 Å². The summed E-state index contributed by atoms with van der Waals surface area (Å²) in [6.45, 7) is 13.1. The minimum atomic E-state index is 0.773. The highest BCUT2D eigenvalue weighted by molar-refractivity contribution is 14.1. The van der Waals surface area contributed by atoms with Crippen LogP contribution >= 0.6 is 22.6 Å². The Morgan fingerprint density at radius 1 is 0.491 bits per heavy atom. The van der Waals surface area contributed by atoms with Crippen LogP contribution < -0.4 is 0 Å². The first-order chi connectivity index (χ1) is 28.1. The summed E-state index contributed by atoms with van der Waals surface area (Å²) in [5, 5.41) is 0. The Bertz CT molecular complexity index is 3060. The Balaban J connectivity index is 1.51. The second-order valence-electron chi connectivity index (χ2n) is 15.3. The van der Waals surface area contributed by atoms with Gasteiger partial charge < -0.3 is 9.97 Å². The summed E-state index contributed by atoms with van der Waals surface area (Å²) < 4.78 is 8.78. The van der Waals surface area contributed by atoms with Gasteiger partial charge in [-0.15, -0.1) is 6.40 Å². The van der Waals surface area contributed by atoms with Crippen molar-refractivity contribution in [2.75, 3.05) is 0 Å². The number of hydrogen-bond donors (Lipinski definition) is 2. The van der Waals surface area contributed by atoms with Crippen LogP contribution in [0.4, 0.5) is 0 Å². The molecule has 0 spiro atoms. The van der Waals surface area contributed by atoms with Gasteiger partial charge in [0.25, 0.3) is 0 Å². The first-order valence-electron chi connectivity index (χ1n) is 19.7. The Morgan fingerprint density at radius 3 is 1.33 bits per heavy atom. The molecule has 8 bridgehead atoms. The maximum absolute atomic E-state index is 7.63. The molecule has 0 radical (unpaired) electrons. The van der Waals surface area contributed by atoms with Crippen molar-refractivity contribution in [2.24, 2.45) is 0 Å². The molecule has 0 fully saturated rings. The number of halogens is 1. The van der Waals surface area contributed by atoms with E-state index in [2.05, 4.69) is 190 Å². The average Bonchev–Trinajstić information content (AvgIpc) is 4.01. The number of H-pyrrole nitrogens is 2. The molecule has 4 nitrogen and oxygen atoms in total. The molecule has 0 aliphatic carbocycles. The molecule has 0 atom stereocenters. The van der Waals surface area contributed by atoms with Crippen molar-refractivity contribution in [2.45, 2.75) is 41.5 Å². The Labute approximate surface area is 349 Å². The third-order valence-electron chi connectivity index (χ3n) is 11.0. The van der Waals surface area contributed by atoms with Crippen LogP contribution in [0.2, 0.25) is 0 Å². The van der Waals surface area contributed by atoms with E-state index in [-0.39, 0.29) is 0 Å². The number of benzene rings is 4. The topological polar surface area (TPSA) is 57.4 Å². The molecule has 0 saturated heterocycles. The molecule has 5 heteroatoms. The van der Waals surface area contributed by atoms with Gasteiger partial charge in [-0.25, -0.2) is 9.97 Å². The fraction of sp³-hybridized carbons (Fsp3) is 0.115. The Kier molecular flexibility index (Phi) is 8.87. The van der Waals surface area contributed by atoms with Gasteiger partial charge >= 0.3 is 0 Å². The van der Waals surface area contributed by atoms with Crippen molar-refractivity contribution in [3.05, 3.63) is 162 Å². The van der Waals surface area contributed by atoms with E-state index in [4.69, 9.17) is 11.3 Å². The average molecular weight is 851 g/mol. The summed E-state index contributed by atoms with van der Waals surface area (Å²) in [6, 6.07) is 34.4. The van der Waals surface area contributed by atoms with Crippen LogP contribution in [0, 0.1) is 57.4 Å². The van der Waals surface area contributed by atoms with Crippen LogP contribution in [0.25, 0.3) is 90.9 Å². The molecule has 0 amide bonds. The number of nitrogens with zero attached hydrogens (tertiary/aromatic N) is 2. The summed E-state index contributed by atoms with van der Waals surface area (Å²) in [7, 11) is 0. The summed E-state index contributed by atoms with van der Waals surface area (Å²) >= 11 is 2.40. The third-order valence-corrected chi connectivity index (χ3v) is 11.7. The predicted molar refractivity (Wildman–Crippen MR) is 250 cm³/mol. The van der Waals surface area contributed by atoms with E-state index in [0.29, 0.717) is 0 Å². The minimum Gasteiger partial charge on any atom is -0.354 e. The fourth-order valence-electron chi connectivity index (χ4n) is 8.88. The van der Waals surface area contributed by atoms with E-state index < -0.39 is 0 Å². The first kappa shape index (κ1) is 35.2. The van der Waals surface area contributed by atoms with Crippen LogP contribution in [0.5, 0.6) is 0 Å². The number of fused-ring (bicyclic) bond motifs is 8. The second kappa shape index (κ2) is 14.4. The number of nitrogens with one attached hydrogen (secondary N) is 2. The van der Waals surface area contributed by atoms with Crippen LogP contribution in [-0.2, 0) is 0 Å². The zero-order valence-electron chi connectivity index (χ0n) is 33.8. The van der Waals surface area contributed by atoms with Crippen molar-refractivity contribution in [1.29, 1.82) is 0 Å². The van der Waals surface area contributed by atoms with Gasteiger partial charge in [0.05, 0.1) is 22.8 Å². The van der Waals surface area contributed by atoms with Gasteiger partial charge in [-0.3, -0.25) is 0 Å². The van der Waals surface area contributed by atoms with E-state index >= 15 is 0 Å². The summed E-state index contributed by atoms with van der Waals surface area (Å²) in [5.74, 6) is 2.95. The molecule has 2 aliphatic heterocycles. The van der Waals surface area contributed by atoms with Gasteiger partial charge in [-0.1, -0.05) is 65.6 Å². The zero-order chi connectivity index (χ0) is 40.2. The number of hydrogen-bond acceptors (Lipinski definition) is 2. The highest BCUT2D eigenvalue weighted by Crippen LogP contribution is 2.41. The Hall–Kier alpha value is -6.23. The van der Waals surface area contributed by atoms with Crippen LogP contribution in [-0.4, -0.2) is 19.9 Å². The first-order valence-corrected chi connectivity index (χ1v) is 20.3. The molecule has 276 valence electrons. The van der Waals surface area contributed by atoms with Crippen molar-refractivity contribution in [3.63, 3.8) is 0 Å². The van der Waals surface area contributed by atoms with Crippen molar-refractivity contribution >= 4 is 69.0 Å². The maximum atomic E-state index is 7.63. The lowest BCUT2D eigenvalue weighted by Gasteiger charge is -2.13. The van der Waals surface area contributed by atoms with Gasteiger partial charge in [-0.05, 0) is 181 Å². The molecular formula is C52H41IN4. The van der Waals surface area contributed by atoms with Crippen molar-refractivity contribution in [1.82, 2.24) is 19.9 Å². The summed E-state index contributed by atoms with van der Waals surface area (Å²) in [5.41, 5.74) is 23.8. The molecule has 7 aromatic rings. The Morgan fingerprint density at radius 2 is 0.895 bits per heavy atom. The van der Waals surface area contributed by atoms with E-state index in [0.717, 1.165) is 98.5 Å². The molecule has 0 saturated carbocycles. The van der Waals surface area contributed by atoms with E-state index in [1.807, 2.05) is 18.2 Å². The number of terminal acetylenes is 1.